The maximum Gasteiger partial charge on any atom is 0.232 e. The van der Waals surface area contributed by atoms with Gasteiger partial charge in [-0.1, -0.05) is 61.8 Å². The first-order chi connectivity index (χ1) is 9.59. The van der Waals surface area contributed by atoms with Crippen molar-refractivity contribution in [1.82, 2.24) is 0 Å². The first-order valence-electron chi connectivity index (χ1n) is 8.51. The largest absolute Gasteiger partial charge is 0.232 e. The average Bonchev–Trinajstić information content (AvgIpc) is 2.17. The molecule has 2 nitrogen and oxygen atoms in total. The lowest BCUT2D eigenvalue weighted by Crippen LogP contribution is -2.25. The average molecular weight is 353 g/mol. The van der Waals surface area contributed by atoms with Gasteiger partial charge in [-0.2, -0.15) is 0 Å². The summed E-state index contributed by atoms with van der Waals surface area (Å²) in [6, 6.07) is 0. The molecule has 0 saturated heterocycles. The Kier molecular flexibility index (Phi) is 8.46. The predicted octanol–water partition coefficient (Wildman–Crippen LogP) is 6.10. The summed E-state index contributed by atoms with van der Waals surface area (Å²) in [4.78, 5) is 0. The van der Waals surface area contributed by atoms with Gasteiger partial charge in [0.2, 0.25) is 9.05 Å². The quantitative estimate of drug-likeness (QED) is 0.495. The summed E-state index contributed by atoms with van der Waals surface area (Å²) in [6.45, 7) is 17.8. The minimum absolute atomic E-state index is 0.105. The van der Waals surface area contributed by atoms with Gasteiger partial charge in [0.1, 0.15) is 0 Å². The number of rotatable bonds is 8. The molecule has 0 aliphatic heterocycles. The van der Waals surface area contributed by atoms with Crippen LogP contribution in [0.15, 0.2) is 0 Å². The third-order valence-corrected chi connectivity index (χ3v) is 5.35. The standard InChI is InChI=1S/C18H37ClO2S/c1-14(11-17(3,4)5)9-10-16(13-22(19,20)21)15(2)12-18(6,7)8/h14-16H,9-13H2,1-8H3/t14-,15-,16-/m1/s1. The number of hydrogen-bond donors (Lipinski definition) is 0. The zero-order valence-corrected chi connectivity index (χ0v) is 17.4. The van der Waals surface area contributed by atoms with Crippen LogP contribution in [0.1, 0.15) is 81.1 Å². The summed E-state index contributed by atoms with van der Waals surface area (Å²) in [5.74, 6) is 1.25. The molecular weight excluding hydrogens is 316 g/mol. The Morgan fingerprint density at radius 2 is 1.32 bits per heavy atom. The summed E-state index contributed by atoms with van der Waals surface area (Å²) < 4.78 is 23.1. The van der Waals surface area contributed by atoms with Crippen molar-refractivity contribution in [3.63, 3.8) is 0 Å². The van der Waals surface area contributed by atoms with Crippen molar-refractivity contribution < 1.29 is 8.42 Å². The minimum atomic E-state index is -3.43. The highest BCUT2D eigenvalue weighted by molar-refractivity contribution is 8.13. The highest BCUT2D eigenvalue weighted by Gasteiger charge is 2.27. The third-order valence-electron chi connectivity index (χ3n) is 4.14. The maximum absolute atomic E-state index is 11.6. The fourth-order valence-electron chi connectivity index (χ4n) is 3.57. The van der Waals surface area contributed by atoms with Crippen molar-refractivity contribution in [3.8, 4) is 0 Å². The summed E-state index contributed by atoms with van der Waals surface area (Å²) >= 11 is 0. The van der Waals surface area contributed by atoms with Gasteiger partial charge in [0, 0.05) is 10.7 Å². The Balaban J connectivity index is 4.74. The molecule has 0 aliphatic rings. The van der Waals surface area contributed by atoms with Gasteiger partial charge in [-0.15, -0.1) is 0 Å². The molecule has 3 atom stereocenters. The Bertz CT molecular complexity index is 415. The second-order valence-corrected chi connectivity index (χ2v) is 12.5. The fraction of sp³-hybridized carbons (Fsp3) is 1.00. The molecule has 0 radical (unpaired) electrons. The molecule has 0 aromatic heterocycles. The van der Waals surface area contributed by atoms with Gasteiger partial charge in [-0.3, -0.25) is 0 Å². The Morgan fingerprint density at radius 1 is 0.864 bits per heavy atom. The molecule has 0 amide bonds. The van der Waals surface area contributed by atoms with Crippen LogP contribution in [-0.2, 0) is 9.05 Å². The lowest BCUT2D eigenvalue weighted by Gasteiger charge is -2.30. The highest BCUT2D eigenvalue weighted by atomic mass is 35.7. The molecule has 0 aromatic rings. The second-order valence-electron chi connectivity index (χ2n) is 9.65. The maximum atomic E-state index is 11.6. The molecule has 0 rings (SSSR count). The minimum Gasteiger partial charge on any atom is -0.212 e. The van der Waals surface area contributed by atoms with E-state index in [0.717, 1.165) is 19.3 Å². The van der Waals surface area contributed by atoms with Gasteiger partial charge < -0.3 is 0 Å². The lowest BCUT2D eigenvalue weighted by atomic mass is 9.77. The van der Waals surface area contributed by atoms with Gasteiger partial charge in [0.25, 0.3) is 0 Å². The van der Waals surface area contributed by atoms with Crippen LogP contribution >= 0.6 is 10.7 Å². The van der Waals surface area contributed by atoms with Gasteiger partial charge in [-0.05, 0) is 47.8 Å². The number of hydrogen-bond acceptors (Lipinski definition) is 2. The molecule has 0 heterocycles. The van der Waals surface area contributed by atoms with Crippen LogP contribution in [0.5, 0.6) is 0 Å². The van der Waals surface area contributed by atoms with E-state index in [1.165, 1.54) is 6.42 Å². The van der Waals surface area contributed by atoms with Crippen molar-refractivity contribution in [1.29, 1.82) is 0 Å². The summed E-state index contributed by atoms with van der Waals surface area (Å²) in [5, 5.41) is 0. The van der Waals surface area contributed by atoms with E-state index < -0.39 is 9.05 Å². The van der Waals surface area contributed by atoms with Crippen molar-refractivity contribution in [2.75, 3.05) is 5.75 Å². The van der Waals surface area contributed by atoms with Crippen LogP contribution in [0.4, 0.5) is 0 Å². The molecule has 0 aliphatic carbocycles. The van der Waals surface area contributed by atoms with E-state index in [1.54, 1.807) is 0 Å². The van der Waals surface area contributed by atoms with Crippen molar-refractivity contribution in [3.05, 3.63) is 0 Å². The van der Waals surface area contributed by atoms with Gasteiger partial charge in [-0.25, -0.2) is 8.42 Å². The van der Waals surface area contributed by atoms with E-state index in [2.05, 4.69) is 55.4 Å². The number of halogens is 1. The van der Waals surface area contributed by atoms with Crippen molar-refractivity contribution >= 4 is 19.7 Å². The van der Waals surface area contributed by atoms with E-state index in [1.807, 2.05) is 0 Å². The molecule has 0 aromatic carbocycles. The van der Waals surface area contributed by atoms with Crippen LogP contribution in [0.2, 0.25) is 0 Å². The topological polar surface area (TPSA) is 34.1 Å². The second kappa shape index (κ2) is 8.37. The molecule has 4 heteroatoms. The third kappa shape index (κ3) is 12.8. The first-order valence-corrected chi connectivity index (χ1v) is 11.0. The van der Waals surface area contributed by atoms with Crippen LogP contribution < -0.4 is 0 Å². The zero-order chi connectivity index (χ0) is 17.8. The van der Waals surface area contributed by atoms with E-state index in [0.29, 0.717) is 17.3 Å². The Hall–Kier alpha value is 0.240. The van der Waals surface area contributed by atoms with Gasteiger partial charge in [0.05, 0.1) is 5.75 Å². The molecule has 0 bridgehead atoms. The van der Waals surface area contributed by atoms with Crippen LogP contribution in [-0.4, -0.2) is 14.2 Å². The van der Waals surface area contributed by atoms with E-state index >= 15 is 0 Å². The van der Waals surface area contributed by atoms with E-state index in [-0.39, 0.29) is 17.1 Å². The van der Waals surface area contributed by atoms with Crippen molar-refractivity contribution in [2.45, 2.75) is 81.1 Å². The van der Waals surface area contributed by atoms with E-state index in [4.69, 9.17) is 10.7 Å². The predicted molar refractivity (Wildman–Crippen MR) is 98.8 cm³/mol. The van der Waals surface area contributed by atoms with Crippen LogP contribution in [0.25, 0.3) is 0 Å². The highest BCUT2D eigenvalue weighted by Crippen LogP contribution is 2.34. The molecule has 0 spiro atoms. The summed E-state index contributed by atoms with van der Waals surface area (Å²) in [7, 11) is 2.10. The molecule has 0 saturated carbocycles. The molecule has 0 unspecified atom stereocenters. The Labute approximate surface area is 143 Å². The smallest absolute Gasteiger partial charge is 0.212 e. The zero-order valence-electron chi connectivity index (χ0n) is 15.9. The van der Waals surface area contributed by atoms with Crippen LogP contribution in [0.3, 0.4) is 0 Å². The summed E-state index contributed by atoms with van der Waals surface area (Å²) in [5.41, 5.74) is 0.537. The first kappa shape index (κ1) is 22.2. The molecular formula is C18H37ClO2S. The van der Waals surface area contributed by atoms with Gasteiger partial charge in [0.15, 0.2) is 0 Å². The SMILES string of the molecule is C[C@H](CC[C@H](CS(=O)(=O)Cl)[C@H](C)CC(C)(C)C)CC(C)(C)C. The monoisotopic (exact) mass is 352 g/mol. The van der Waals surface area contributed by atoms with E-state index in [9.17, 15) is 8.42 Å². The van der Waals surface area contributed by atoms with Crippen LogP contribution in [0, 0.1) is 28.6 Å². The molecule has 0 N–H and O–H groups in total. The fourth-order valence-corrected chi connectivity index (χ4v) is 5.06. The van der Waals surface area contributed by atoms with Gasteiger partial charge >= 0.3 is 0 Å². The Morgan fingerprint density at radius 3 is 1.68 bits per heavy atom. The normalized spacial score (nSPS) is 18.0. The lowest BCUT2D eigenvalue weighted by molar-refractivity contribution is 0.223. The molecule has 22 heavy (non-hydrogen) atoms. The summed E-state index contributed by atoms with van der Waals surface area (Å²) in [6.07, 6.45) is 4.21. The van der Waals surface area contributed by atoms with Crippen molar-refractivity contribution in [2.24, 2.45) is 28.6 Å². The molecule has 0 fully saturated rings. The molecule has 134 valence electrons.